The third-order valence-corrected chi connectivity index (χ3v) is 5.29. The molecule has 22 heavy (non-hydrogen) atoms. The third-order valence-electron chi connectivity index (χ3n) is 4.29. The second-order valence-electron chi connectivity index (χ2n) is 6.42. The zero-order chi connectivity index (χ0) is 15.9. The van der Waals surface area contributed by atoms with E-state index in [2.05, 4.69) is 53.4 Å². The molecule has 0 aliphatic carbocycles. The van der Waals surface area contributed by atoms with E-state index in [4.69, 9.17) is 0 Å². The van der Waals surface area contributed by atoms with Crippen molar-refractivity contribution >= 4 is 17.3 Å². The molecule has 1 atom stereocenters. The fourth-order valence-corrected chi connectivity index (χ4v) is 3.78. The number of piperidine rings is 1. The van der Waals surface area contributed by atoms with Gasteiger partial charge in [0, 0.05) is 35.9 Å². The Morgan fingerprint density at radius 1 is 1.41 bits per heavy atom. The molecule has 124 valence electrons. The van der Waals surface area contributed by atoms with Crippen LogP contribution in [0.25, 0.3) is 0 Å². The van der Waals surface area contributed by atoms with E-state index in [0.717, 1.165) is 25.0 Å². The topological polar surface area (TPSA) is 39.7 Å². The van der Waals surface area contributed by atoms with Gasteiger partial charge in [-0.1, -0.05) is 0 Å². The number of aliphatic imine (C=N–C) groups is 1. The number of thiophene rings is 1. The van der Waals surface area contributed by atoms with E-state index in [1.54, 1.807) is 0 Å². The Balaban J connectivity index is 1.74. The minimum atomic E-state index is 0.655. The molecule has 1 aromatic heterocycles. The molecule has 2 N–H and O–H groups in total. The molecule has 4 nitrogen and oxygen atoms in total. The van der Waals surface area contributed by atoms with Crippen LogP contribution >= 0.6 is 11.3 Å². The van der Waals surface area contributed by atoms with Crippen LogP contribution in [0.4, 0.5) is 0 Å². The first-order valence-corrected chi connectivity index (χ1v) is 9.14. The van der Waals surface area contributed by atoms with Crippen LogP contribution < -0.4 is 10.6 Å². The summed E-state index contributed by atoms with van der Waals surface area (Å²) in [4.78, 5) is 9.63. The molecule has 5 heteroatoms. The Hall–Kier alpha value is -1.07. The summed E-state index contributed by atoms with van der Waals surface area (Å²) in [6, 6.07) is 5.00. The van der Waals surface area contributed by atoms with E-state index >= 15 is 0 Å². The van der Waals surface area contributed by atoms with Crippen molar-refractivity contribution in [2.45, 2.75) is 46.2 Å². The van der Waals surface area contributed by atoms with Gasteiger partial charge >= 0.3 is 0 Å². The normalized spacial score (nSPS) is 20.4. The summed E-state index contributed by atoms with van der Waals surface area (Å²) >= 11 is 1.84. The van der Waals surface area contributed by atoms with Gasteiger partial charge in [0.15, 0.2) is 5.96 Å². The molecule has 0 bridgehead atoms. The van der Waals surface area contributed by atoms with Crippen LogP contribution in [0.3, 0.4) is 0 Å². The van der Waals surface area contributed by atoms with E-state index in [1.165, 1.54) is 35.7 Å². The van der Waals surface area contributed by atoms with Crippen molar-refractivity contribution < 1.29 is 0 Å². The first kappa shape index (κ1) is 17.3. The molecule has 2 heterocycles. The van der Waals surface area contributed by atoms with Gasteiger partial charge in [-0.2, -0.15) is 0 Å². The Morgan fingerprint density at radius 2 is 2.23 bits per heavy atom. The Kier molecular flexibility index (Phi) is 6.70. The zero-order valence-electron chi connectivity index (χ0n) is 14.4. The lowest BCUT2D eigenvalue weighted by atomic mass is 9.97. The summed E-state index contributed by atoms with van der Waals surface area (Å²) in [6.45, 7) is 11.0. The van der Waals surface area contributed by atoms with Gasteiger partial charge in [-0.25, -0.2) is 0 Å². The molecule has 0 saturated carbocycles. The van der Waals surface area contributed by atoms with E-state index < -0.39 is 0 Å². The second-order valence-corrected chi connectivity index (χ2v) is 7.79. The van der Waals surface area contributed by atoms with Crippen molar-refractivity contribution in [3.8, 4) is 0 Å². The van der Waals surface area contributed by atoms with Crippen LogP contribution in [0.5, 0.6) is 0 Å². The monoisotopic (exact) mass is 322 g/mol. The number of nitrogens with one attached hydrogen (secondary N) is 2. The fraction of sp³-hybridized carbons (Fsp3) is 0.706. The smallest absolute Gasteiger partial charge is 0.191 e. The molecule has 1 saturated heterocycles. The highest BCUT2D eigenvalue weighted by molar-refractivity contribution is 7.11. The van der Waals surface area contributed by atoms with Gasteiger partial charge < -0.3 is 15.5 Å². The van der Waals surface area contributed by atoms with E-state index in [-0.39, 0.29) is 0 Å². The highest BCUT2D eigenvalue weighted by Gasteiger charge is 2.21. The first-order chi connectivity index (χ1) is 10.6. The highest BCUT2D eigenvalue weighted by atomic mass is 32.1. The molecule has 0 spiro atoms. The predicted molar refractivity (Wildman–Crippen MR) is 96.7 cm³/mol. The van der Waals surface area contributed by atoms with Crippen LogP contribution in [0.15, 0.2) is 17.1 Å². The second kappa shape index (κ2) is 8.53. The predicted octanol–water partition coefficient (Wildman–Crippen LogP) is 2.84. The van der Waals surface area contributed by atoms with Gasteiger partial charge in [0.05, 0.1) is 6.54 Å². The zero-order valence-corrected chi connectivity index (χ0v) is 15.2. The lowest BCUT2D eigenvalue weighted by molar-refractivity contribution is 0.141. The molecular formula is C17H30N4S. The van der Waals surface area contributed by atoms with Gasteiger partial charge in [-0.3, -0.25) is 4.99 Å². The first-order valence-electron chi connectivity index (χ1n) is 8.32. The third kappa shape index (κ3) is 5.29. The SMILES string of the molecule is CN=C(NCc1ccc(C)s1)NCC1CCCN(C(C)C)C1. The molecule has 0 amide bonds. The summed E-state index contributed by atoms with van der Waals surface area (Å²) < 4.78 is 0. The van der Waals surface area contributed by atoms with Gasteiger partial charge in [0.1, 0.15) is 0 Å². The van der Waals surface area contributed by atoms with Crippen molar-refractivity contribution in [3.05, 3.63) is 21.9 Å². The minimum Gasteiger partial charge on any atom is -0.356 e. The number of likely N-dealkylation sites (tertiary alicyclic amines) is 1. The van der Waals surface area contributed by atoms with Crippen LogP contribution in [0.2, 0.25) is 0 Å². The molecule has 1 aromatic rings. The minimum absolute atomic E-state index is 0.655. The lowest BCUT2D eigenvalue weighted by Gasteiger charge is -2.35. The molecule has 1 unspecified atom stereocenters. The summed E-state index contributed by atoms with van der Waals surface area (Å²) in [5.41, 5.74) is 0. The number of hydrogen-bond acceptors (Lipinski definition) is 3. The van der Waals surface area contributed by atoms with Crippen LogP contribution in [-0.4, -0.2) is 43.6 Å². The van der Waals surface area contributed by atoms with Crippen molar-refractivity contribution in [3.63, 3.8) is 0 Å². The Morgan fingerprint density at radius 3 is 2.86 bits per heavy atom. The number of nitrogens with zero attached hydrogens (tertiary/aromatic N) is 2. The van der Waals surface area contributed by atoms with Gasteiger partial charge in [0.25, 0.3) is 0 Å². The highest BCUT2D eigenvalue weighted by Crippen LogP contribution is 2.17. The van der Waals surface area contributed by atoms with Crippen molar-refractivity contribution in [2.75, 3.05) is 26.7 Å². The molecule has 0 radical (unpaired) electrons. The van der Waals surface area contributed by atoms with Crippen molar-refractivity contribution in [2.24, 2.45) is 10.9 Å². The molecule has 0 aromatic carbocycles. The molecule has 1 aliphatic heterocycles. The molecule has 1 fully saturated rings. The van der Waals surface area contributed by atoms with Gasteiger partial charge in [-0.15, -0.1) is 11.3 Å². The average molecular weight is 323 g/mol. The molecule has 1 aliphatic rings. The maximum Gasteiger partial charge on any atom is 0.191 e. The van der Waals surface area contributed by atoms with E-state index in [9.17, 15) is 0 Å². The maximum atomic E-state index is 4.33. The average Bonchev–Trinajstić information content (AvgIpc) is 2.93. The number of guanidine groups is 1. The standard InChI is InChI=1S/C17H30N4S/c1-13(2)21-9-5-6-15(12-21)10-19-17(18-4)20-11-16-8-7-14(3)22-16/h7-8,13,15H,5-6,9-12H2,1-4H3,(H2,18,19,20). The Labute approximate surface area is 139 Å². The summed E-state index contributed by atoms with van der Waals surface area (Å²) in [5.74, 6) is 1.63. The van der Waals surface area contributed by atoms with Crippen molar-refractivity contribution in [1.29, 1.82) is 0 Å². The largest absolute Gasteiger partial charge is 0.356 e. The van der Waals surface area contributed by atoms with E-state index in [1.807, 2.05) is 18.4 Å². The maximum absolute atomic E-state index is 4.33. The number of hydrogen-bond donors (Lipinski definition) is 2. The summed E-state index contributed by atoms with van der Waals surface area (Å²) in [5, 5.41) is 6.90. The molecular weight excluding hydrogens is 292 g/mol. The number of rotatable bonds is 5. The fourth-order valence-electron chi connectivity index (χ4n) is 2.95. The summed E-state index contributed by atoms with van der Waals surface area (Å²) in [6.07, 6.45) is 2.63. The Bertz CT molecular complexity index is 481. The van der Waals surface area contributed by atoms with Crippen LogP contribution in [0, 0.1) is 12.8 Å². The van der Waals surface area contributed by atoms with Crippen LogP contribution in [0.1, 0.15) is 36.4 Å². The van der Waals surface area contributed by atoms with Crippen molar-refractivity contribution in [1.82, 2.24) is 15.5 Å². The lowest BCUT2D eigenvalue weighted by Crippen LogP contribution is -2.45. The molecule has 2 rings (SSSR count). The summed E-state index contributed by atoms with van der Waals surface area (Å²) in [7, 11) is 1.84. The van der Waals surface area contributed by atoms with Crippen LogP contribution in [-0.2, 0) is 6.54 Å². The van der Waals surface area contributed by atoms with Gasteiger partial charge in [-0.05, 0) is 58.2 Å². The van der Waals surface area contributed by atoms with Gasteiger partial charge in [0.2, 0.25) is 0 Å². The number of aryl methyl sites for hydroxylation is 1. The quantitative estimate of drug-likeness (QED) is 0.647. The van der Waals surface area contributed by atoms with E-state index in [0.29, 0.717) is 6.04 Å².